The Morgan fingerprint density at radius 2 is 1.94 bits per heavy atom. The Labute approximate surface area is 98.6 Å². The molecule has 1 rings (SSSR count). The molecule has 17 heavy (non-hydrogen) atoms. The molecular weight excluding hydrogens is 238 g/mol. The van der Waals surface area contributed by atoms with Crippen molar-refractivity contribution in [2.24, 2.45) is 5.92 Å². The van der Waals surface area contributed by atoms with Gasteiger partial charge in [-0.3, -0.25) is 4.39 Å². The highest BCUT2D eigenvalue weighted by molar-refractivity contribution is 4.89. The second-order valence-electron chi connectivity index (χ2n) is 4.71. The Morgan fingerprint density at radius 1 is 1.29 bits per heavy atom. The molecule has 1 fully saturated rings. The standard InChI is InChI=1S/C11H19F4NO/c1-16(6-2-5-12)10-7-8(17)3-4-9(10)11(13,14)15/h8-10,17H,2-7H2,1H3. The molecule has 1 aliphatic carbocycles. The van der Waals surface area contributed by atoms with Crippen LogP contribution in [-0.4, -0.2) is 48.6 Å². The van der Waals surface area contributed by atoms with Gasteiger partial charge in [-0.05, 0) is 32.7 Å². The highest BCUT2D eigenvalue weighted by Crippen LogP contribution is 2.39. The Kier molecular flexibility index (Phi) is 5.19. The Bertz CT molecular complexity index is 234. The summed E-state index contributed by atoms with van der Waals surface area (Å²) in [5.41, 5.74) is 0. The average Bonchev–Trinajstić information content (AvgIpc) is 2.24. The Morgan fingerprint density at radius 3 is 2.47 bits per heavy atom. The predicted octanol–water partition coefficient (Wildman–Crippen LogP) is 2.37. The molecule has 0 saturated heterocycles. The van der Waals surface area contributed by atoms with Crippen LogP contribution < -0.4 is 0 Å². The number of aliphatic hydroxyl groups excluding tert-OH is 1. The van der Waals surface area contributed by atoms with Crippen molar-refractivity contribution < 1.29 is 22.7 Å². The van der Waals surface area contributed by atoms with Gasteiger partial charge in [-0.1, -0.05) is 0 Å². The van der Waals surface area contributed by atoms with E-state index >= 15 is 0 Å². The summed E-state index contributed by atoms with van der Waals surface area (Å²) in [5, 5.41) is 9.47. The second kappa shape index (κ2) is 6.00. The lowest BCUT2D eigenvalue weighted by Gasteiger charge is -2.40. The lowest BCUT2D eigenvalue weighted by Crippen LogP contribution is -2.49. The first-order valence-corrected chi connectivity index (χ1v) is 5.87. The molecule has 0 aromatic rings. The van der Waals surface area contributed by atoms with Crippen molar-refractivity contribution in [3.05, 3.63) is 0 Å². The van der Waals surface area contributed by atoms with E-state index < -0.39 is 30.9 Å². The highest BCUT2D eigenvalue weighted by Gasteiger charge is 2.48. The van der Waals surface area contributed by atoms with Crippen LogP contribution in [0.5, 0.6) is 0 Å². The van der Waals surface area contributed by atoms with Crippen LogP contribution in [0, 0.1) is 5.92 Å². The molecule has 0 radical (unpaired) electrons. The number of alkyl halides is 4. The predicted molar refractivity (Wildman–Crippen MR) is 56.4 cm³/mol. The quantitative estimate of drug-likeness (QED) is 0.782. The largest absolute Gasteiger partial charge is 0.393 e. The van der Waals surface area contributed by atoms with Crippen molar-refractivity contribution in [1.82, 2.24) is 4.90 Å². The van der Waals surface area contributed by atoms with Crippen molar-refractivity contribution in [2.45, 2.75) is 44.0 Å². The molecule has 0 bridgehead atoms. The average molecular weight is 257 g/mol. The summed E-state index contributed by atoms with van der Waals surface area (Å²) in [6.45, 7) is -0.239. The van der Waals surface area contributed by atoms with Gasteiger partial charge in [0.05, 0.1) is 18.7 Å². The topological polar surface area (TPSA) is 23.5 Å². The summed E-state index contributed by atoms with van der Waals surface area (Å²) in [6, 6.07) is -0.731. The minimum Gasteiger partial charge on any atom is -0.393 e. The van der Waals surface area contributed by atoms with E-state index in [2.05, 4.69) is 0 Å². The minimum absolute atomic E-state index is 0.0463. The lowest BCUT2D eigenvalue weighted by atomic mass is 9.81. The Hall–Kier alpha value is -0.360. The van der Waals surface area contributed by atoms with Crippen LogP contribution >= 0.6 is 0 Å². The highest BCUT2D eigenvalue weighted by atomic mass is 19.4. The molecule has 1 N–H and O–H groups in total. The normalized spacial score (nSPS) is 30.9. The molecular formula is C11H19F4NO. The number of hydrogen-bond acceptors (Lipinski definition) is 2. The lowest BCUT2D eigenvalue weighted by molar-refractivity contribution is -0.203. The maximum Gasteiger partial charge on any atom is 0.393 e. The maximum atomic E-state index is 12.8. The van der Waals surface area contributed by atoms with Gasteiger partial charge >= 0.3 is 6.18 Å². The van der Waals surface area contributed by atoms with Crippen LogP contribution in [0.1, 0.15) is 25.7 Å². The van der Waals surface area contributed by atoms with Crippen molar-refractivity contribution in [3.8, 4) is 0 Å². The van der Waals surface area contributed by atoms with E-state index in [0.717, 1.165) is 0 Å². The molecule has 3 unspecified atom stereocenters. The van der Waals surface area contributed by atoms with Crippen LogP contribution in [-0.2, 0) is 0 Å². The first-order valence-electron chi connectivity index (χ1n) is 5.87. The van der Waals surface area contributed by atoms with Crippen LogP contribution in [0.2, 0.25) is 0 Å². The number of rotatable bonds is 4. The molecule has 1 aliphatic rings. The molecule has 2 nitrogen and oxygen atoms in total. The van der Waals surface area contributed by atoms with Crippen molar-refractivity contribution >= 4 is 0 Å². The summed E-state index contributed by atoms with van der Waals surface area (Å²) < 4.78 is 50.5. The fourth-order valence-corrected chi connectivity index (χ4v) is 2.47. The number of halogens is 4. The summed E-state index contributed by atoms with van der Waals surface area (Å²) in [7, 11) is 1.57. The third-order valence-corrected chi connectivity index (χ3v) is 3.42. The molecule has 0 aliphatic heterocycles. The third-order valence-electron chi connectivity index (χ3n) is 3.42. The zero-order chi connectivity index (χ0) is 13.1. The van der Waals surface area contributed by atoms with E-state index in [4.69, 9.17) is 0 Å². The van der Waals surface area contributed by atoms with Crippen LogP contribution in [0.3, 0.4) is 0 Å². The van der Waals surface area contributed by atoms with Crippen LogP contribution in [0.25, 0.3) is 0 Å². The summed E-state index contributed by atoms with van der Waals surface area (Å²) in [6.07, 6.45) is -4.42. The van der Waals surface area contributed by atoms with Gasteiger partial charge in [0.2, 0.25) is 0 Å². The number of nitrogens with zero attached hydrogens (tertiary/aromatic N) is 1. The number of aliphatic hydroxyl groups is 1. The first kappa shape index (κ1) is 14.7. The molecule has 0 aromatic carbocycles. The molecule has 0 amide bonds. The van der Waals surface area contributed by atoms with Crippen molar-refractivity contribution in [1.29, 1.82) is 0 Å². The molecule has 6 heteroatoms. The van der Waals surface area contributed by atoms with Gasteiger partial charge in [0.25, 0.3) is 0 Å². The first-order chi connectivity index (χ1) is 7.86. The third kappa shape index (κ3) is 4.10. The van der Waals surface area contributed by atoms with E-state index in [9.17, 15) is 22.7 Å². The van der Waals surface area contributed by atoms with Gasteiger partial charge < -0.3 is 10.0 Å². The van der Waals surface area contributed by atoms with Crippen LogP contribution in [0.15, 0.2) is 0 Å². The van der Waals surface area contributed by atoms with Gasteiger partial charge in [0.1, 0.15) is 0 Å². The molecule has 0 heterocycles. The van der Waals surface area contributed by atoms with Crippen molar-refractivity contribution in [3.63, 3.8) is 0 Å². The zero-order valence-electron chi connectivity index (χ0n) is 9.88. The van der Waals surface area contributed by atoms with Gasteiger partial charge in [0.15, 0.2) is 0 Å². The van der Waals surface area contributed by atoms with Gasteiger partial charge in [-0.25, -0.2) is 0 Å². The Balaban J connectivity index is 2.67. The van der Waals surface area contributed by atoms with E-state index in [0.29, 0.717) is 6.54 Å². The zero-order valence-corrected chi connectivity index (χ0v) is 9.88. The number of hydrogen-bond donors (Lipinski definition) is 1. The molecule has 0 aromatic heterocycles. The van der Waals surface area contributed by atoms with Gasteiger partial charge in [-0.2, -0.15) is 13.2 Å². The molecule has 0 spiro atoms. The van der Waals surface area contributed by atoms with E-state index in [1.54, 1.807) is 7.05 Å². The summed E-state index contributed by atoms with van der Waals surface area (Å²) in [5.74, 6) is -1.41. The van der Waals surface area contributed by atoms with E-state index in [1.807, 2.05) is 0 Å². The summed E-state index contributed by atoms with van der Waals surface area (Å²) >= 11 is 0. The van der Waals surface area contributed by atoms with E-state index in [1.165, 1.54) is 4.90 Å². The monoisotopic (exact) mass is 257 g/mol. The molecule has 3 atom stereocenters. The van der Waals surface area contributed by atoms with E-state index in [-0.39, 0.29) is 25.7 Å². The molecule has 102 valence electrons. The van der Waals surface area contributed by atoms with Gasteiger partial charge in [0, 0.05) is 12.6 Å². The molecule has 1 saturated carbocycles. The van der Waals surface area contributed by atoms with Crippen LogP contribution in [0.4, 0.5) is 17.6 Å². The van der Waals surface area contributed by atoms with Crippen molar-refractivity contribution in [2.75, 3.05) is 20.3 Å². The summed E-state index contributed by atoms with van der Waals surface area (Å²) in [4.78, 5) is 1.53. The fourth-order valence-electron chi connectivity index (χ4n) is 2.47. The minimum atomic E-state index is -4.24. The maximum absolute atomic E-state index is 12.8. The smallest absolute Gasteiger partial charge is 0.393 e. The van der Waals surface area contributed by atoms with Gasteiger partial charge in [-0.15, -0.1) is 0 Å². The second-order valence-corrected chi connectivity index (χ2v) is 4.71. The SMILES string of the molecule is CN(CCCF)C1CC(O)CCC1C(F)(F)F. The fraction of sp³-hybridized carbons (Fsp3) is 1.00.